The van der Waals surface area contributed by atoms with Crippen molar-refractivity contribution >= 4 is 23.3 Å². The first-order valence-corrected chi connectivity index (χ1v) is 8.46. The number of nitrogens with one attached hydrogen (secondary N) is 1. The van der Waals surface area contributed by atoms with E-state index in [0.29, 0.717) is 22.5 Å². The molecule has 0 saturated heterocycles. The van der Waals surface area contributed by atoms with Gasteiger partial charge in [-0.25, -0.2) is 9.18 Å². The molecule has 0 spiro atoms. The van der Waals surface area contributed by atoms with Gasteiger partial charge in [-0.1, -0.05) is 12.1 Å². The van der Waals surface area contributed by atoms with Crippen LogP contribution in [-0.2, 0) is 4.79 Å². The molecule has 9 heteroatoms. The molecule has 2 heterocycles. The number of carbonyl (C=O) groups excluding carboxylic acids is 2. The smallest absolute Gasteiger partial charge is 0.322 e. The van der Waals surface area contributed by atoms with Crippen LogP contribution in [-0.4, -0.2) is 35.4 Å². The maximum Gasteiger partial charge on any atom is 0.322 e. The number of anilines is 1. The van der Waals surface area contributed by atoms with Crippen molar-refractivity contribution in [2.75, 3.05) is 18.5 Å². The minimum atomic E-state index is -0.809. The highest BCUT2D eigenvalue weighted by Crippen LogP contribution is 2.38. The number of hydrogen-bond donors (Lipinski definition) is 1. The van der Waals surface area contributed by atoms with E-state index in [1.165, 1.54) is 52.3 Å². The number of urea groups is 1. The van der Waals surface area contributed by atoms with Crippen molar-refractivity contribution in [2.45, 2.75) is 6.04 Å². The molecule has 1 atom stereocenters. The summed E-state index contributed by atoms with van der Waals surface area (Å²) in [4.78, 5) is 38.9. The molecule has 1 unspecified atom stereocenters. The predicted molar refractivity (Wildman–Crippen MR) is 97.9 cm³/mol. The Morgan fingerprint density at radius 2 is 1.89 bits per heavy atom. The Balaban J connectivity index is 1.76. The quantitative estimate of drug-likeness (QED) is 0.652. The van der Waals surface area contributed by atoms with E-state index in [1.54, 1.807) is 13.1 Å². The SMILES string of the molecule is CN1C(=O)NC(c2cccc([N+](=O)[O-])c2)C2=C1CN(c1ccc(F)cc1)C2=O. The lowest BCUT2D eigenvalue weighted by Crippen LogP contribution is -2.45. The second-order valence-corrected chi connectivity index (χ2v) is 6.52. The minimum absolute atomic E-state index is 0.131. The molecular formula is C19H15FN4O4. The summed E-state index contributed by atoms with van der Waals surface area (Å²) >= 11 is 0. The standard InChI is InChI=1S/C19H15FN4O4/c1-22-15-10-23(13-7-5-12(20)6-8-13)18(25)16(15)17(21-19(22)26)11-3-2-4-14(9-11)24(27)28/h2-9,17H,10H2,1H3,(H,21,26). The molecule has 1 N–H and O–H groups in total. The normalized spacial score (nSPS) is 19.0. The molecule has 2 aliphatic rings. The molecule has 2 aromatic rings. The number of halogens is 1. The topological polar surface area (TPSA) is 95.8 Å². The average molecular weight is 382 g/mol. The fourth-order valence-electron chi connectivity index (χ4n) is 3.46. The van der Waals surface area contributed by atoms with Crippen molar-refractivity contribution in [2.24, 2.45) is 0 Å². The first-order valence-electron chi connectivity index (χ1n) is 8.46. The summed E-state index contributed by atoms with van der Waals surface area (Å²) < 4.78 is 13.2. The summed E-state index contributed by atoms with van der Waals surface area (Å²) in [6.45, 7) is 0.148. The van der Waals surface area contributed by atoms with Crippen molar-refractivity contribution < 1.29 is 18.9 Å². The number of nitrogens with zero attached hydrogens (tertiary/aromatic N) is 3. The lowest BCUT2D eigenvalue weighted by molar-refractivity contribution is -0.384. The summed E-state index contributed by atoms with van der Waals surface area (Å²) in [6.07, 6.45) is 0. The van der Waals surface area contributed by atoms with Gasteiger partial charge in [-0.3, -0.25) is 19.8 Å². The summed E-state index contributed by atoms with van der Waals surface area (Å²) in [5, 5.41) is 13.8. The number of rotatable bonds is 3. The van der Waals surface area contributed by atoms with Gasteiger partial charge in [0.25, 0.3) is 11.6 Å². The van der Waals surface area contributed by atoms with Gasteiger partial charge in [-0.2, -0.15) is 0 Å². The lowest BCUT2D eigenvalue weighted by Gasteiger charge is -2.30. The van der Waals surface area contributed by atoms with Crippen LogP contribution in [0.4, 0.5) is 20.6 Å². The van der Waals surface area contributed by atoms with Crippen LogP contribution in [0.15, 0.2) is 59.8 Å². The molecule has 4 rings (SSSR count). The van der Waals surface area contributed by atoms with E-state index in [-0.39, 0.29) is 18.1 Å². The molecule has 28 heavy (non-hydrogen) atoms. The molecule has 0 saturated carbocycles. The Morgan fingerprint density at radius 3 is 2.57 bits per heavy atom. The van der Waals surface area contributed by atoms with Crippen molar-refractivity contribution in [1.29, 1.82) is 0 Å². The highest BCUT2D eigenvalue weighted by molar-refractivity contribution is 6.11. The number of amides is 3. The summed E-state index contributed by atoms with van der Waals surface area (Å²) in [5.41, 5.74) is 1.66. The predicted octanol–water partition coefficient (Wildman–Crippen LogP) is 2.73. The van der Waals surface area contributed by atoms with Gasteiger partial charge in [-0.15, -0.1) is 0 Å². The van der Waals surface area contributed by atoms with Crippen LogP contribution in [0, 0.1) is 15.9 Å². The van der Waals surface area contributed by atoms with Gasteiger partial charge < -0.3 is 10.2 Å². The molecule has 2 aromatic carbocycles. The number of nitro groups is 1. The fourth-order valence-corrected chi connectivity index (χ4v) is 3.46. The number of carbonyl (C=O) groups is 2. The van der Waals surface area contributed by atoms with E-state index in [1.807, 2.05) is 0 Å². The molecule has 8 nitrogen and oxygen atoms in total. The molecule has 0 fully saturated rings. The average Bonchev–Trinajstić information content (AvgIpc) is 3.03. The van der Waals surface area contributed by atoms with E-state index < -0.39 is 22.8 Å². The lowest BCUT2D eigenvalue weighted by atomic mass is 9.95. The molecule has 0 radical (unpaired) electrons. The van der Waals surface area contributed by atoms with E-state index in [4.69, 9.17) is 0 Å². The number of benzene rings is 2. The van der Waals surface area contributed by atoms with Crippen LogP contribution in [0.5, 0.6) is 0 Å². The van der Waals surface area contributed by atoms with Crippen molar-refractivity contribution in [3.8, 4) is 0 Å². The van der Waals surface area contributed by atoms with Crippen LogP contribution in [0.2, 0.25) is 0 Å². The molecule has 3 amide bonds. The Labute approximate surface area is 159 Å². The van der Waals surface area contributed by atoms with Crippen molar-refractivity contribution in [3.05, 3.63) is 81.3 Å². The van der Waals surface area contributed by atoms with E-state index in [9.17, 15) is 24.1 Å². The van der Waals surface area contributed by atoms with Crippen LogP contribution in [0.3, 0.4) is 0 Å². The molecule has 0 aliphatic carbocycles. The Kier molecular flexibility index (Phi) is 4.07. The third kappa shape index (κ3) is 2.77. The van der Waals surface area contributed by atoms with Crippen LogP contribution in [0.25, 0.3) is 0 Å². The highest BCUT2D eigenvalue weighted by Gasteiger charge is 2.43. The second-order valence-electron chi connectivity index (χ2n) is 6.52. The van der Waals surface area contributed by atoms with Crippen molar-refractivity contribution in [3.63, 3.8) is 0 Å². The van der Waals surface area contributed by atoms with E-state index in [0.717, 1.165) is 0 Å². The summed E-state index contributed by atoms with van der Waals surface area (Å²) in [7, 11) is 1.55. The minimum Gasteiger partial charge on any atom is -0.327 e. The van der Waals surface area contributed by atoms with Gasteiger partial charge in [0.15, 0.2) is 0 Å². The zero-order chi connectivity index (χ0) is 20.0. The number of nitro benzene ring substituents is 1. The van der Waals surface area contributed by atoms with Gasteiger partial charge in [0.2, 0.25) is 0 Å². The molecule has 0 bridgehead atoms. The summed E-state index contributed by atoms with van der Waals surface area (Å²) in [6, 6.07) is 10.1. The van der Waals surface area contributed by atoms with Gasteiger partial charge in [0.1, 0.15) is 5.82 Å². The van der Waals surface area contributed by atoms with Crippen LogP contribution < -0.4 is 10.2 Å². The molecular weight excluding hydrogens is 367 g/mol. The Morgan fingerprint density at radius 1 is 1.18 bits per heavy atom. The van der Waals surface area contributed by atoms with Gasteiger partial charge in [0, 0.05) is 24.9 Å². The molecule has 2 aliphatic heterocycles. The zero-order valence-corrected chi connectivity index (χ0v) is 14.8. The Bertz CT molecular complexity index is 1030. The number of hydrogen-bond acceptors (Lipinski definition) is 4. The monoisotopic (exact) mass is 382 g/mol. The maximum absolute atomic E-state index is 13.2. The fraction of sp³-hybridized carbons (Fsp3) is 0.158. The maximum atomic E-state index is 13.2. The molecule has 142 valence electrons. The molecule has 0 aromatic heterocycles. The number of likely N-dealkylation sites (N-methyl/N-ethyl adjacent to an activating group) is 1. The first-order chi connectivity index (χ1) is 13.4. The largest absolute Gasteiger partial charge is 0.327 e. The first kappa shape index (κ1) is 17.7. The van der Waals surface area contributed by atoms with Crippen LogP contribution in [0.1, 0.15) is 11.6 Å². The summed E-state index contributed by atoms with van der Waals surface area (Å²) in [5.74, 6) is -0.762. The van der Waals surface area contributed by atoms with E-state index >= 15 is 0 Å². The van der Waals surface area contributed by atoms with Gasteiger partial charge in [-0.05, 0) is 29.8 Å². The van der Waals surface area contributed by atoms with Gasteiger partial charge in [0.05, 0.1) is 28.8 Å². The third-order valence-electron chi connectivity index (χ3n) is 4.91. The van der Waals surface area contributed by atoms with Crippen LogP contribution >= 0.6 is 0 Å². The van der Waals surface area contributed by atoms with Crippen molar-refractivity contribution in [1.82, 2.24) is 10.2 Å². The third-order valence-corrected chi connectivity index (χ3v) is 4.91. The second kappa shape index (κ2) is 6.45. The van der Waals surface area contributed by atoms with Gasteiger partial charge >= 0.3 is 6.03 Å². The number of non-ortho nitro benzene ring substituents is 1. The highest BCUT2D eigenvalue weighted by atomic mass is 19.1. The Hall–Kier alpha value is -3.75. The van der Waals surface area contributed by atoms with E-state index in [2.05, 4.69) is 5.32 Å². The zero-order valence-electron chi connectivity index (χ0n) is 14.8.